The lowest BCUT2D eigenvalue weighted by molar-refractivity contribution is 0.199. The van der Waals surface area contributed by atoms with Crippen LogP contribution in [-0.4, -0.2) is 10.1 Å². The van der Waals surface area contributed by atoms with E-state index in [0.29, 0.717) is 11.5 Å². The summed E-state index contributed by atoms with van der Waals surface area (Å²) >= 11 is 3.33. The quantitative estimate of drug-likeness (QED) is 0.938. The zero-order chi connectivity index (χ0) is 12.3. The smallest absolute Gasteiger partial charge is 0.146 e. The lowest BCUT2D eigenvalue weighted by atomic mass is 10.1. The number of hydrogen-bond donors (Lipinski definition) is 1. The van der Waals surface area contributed by atoms with Crippen LogP contribution in [0.2, 0.25) is 0 Å². The molecule has 3 nitrogen and oxygen atoms in total. The molecule has 0 unspecified atom stereocenters. The van der Waals surface area contributed by atoms with Crippen molar-refractivity contribution in [2.75, 3.05) is 0 Å². The predicted molar refractivity (Wildman–Crippen MR) is 69.1 cm³/mol. The Labute approximate surface area is 108 Å². The van der Waals surface area contributed by atoms with Crippen molar-refractivity contribution in [2.45, 2.75) is 13.0 Å². The van der Waals surface area contributed by atoms with E-state index in [0.717, 1.165) is 10.0 Å². The highest BCUT2D eigenvalue weighted by atomic mass is 79.9. The number of halogens is 1. The minimum Gasteiger partial charge on any atom is -0.456 e. The minimum absolute atomic E-state index is 0.461. The Morgan fingerprint density at radius 2 is 1.88 bits per heavy atom. The summed E-state index contributed by atoms with van der Waals surface area (Å²) in [5.74, 6) is 1.39. The maximum absolute atomic E-state index is 9.38. The molecule has 1 heterocycles. The van der Waals surface area contributed by atoms with Gasteiger partial charge in [-0.2, -0.15) is 0 Å². The zero-order valence-corrected chi connectivity index (χ0v) is 10.9. The Morgan fingerprint density at radius 1 is 1.18 bits per heavy atom. The summed E-state index contributed by atoms with van der Waals surface area (Å²) in [4.78, 5) is 4.01. The molecule has 0 radical (unpaired) electrons. The summed E-state index contributed by atoms with van der Waals surface area (Å²) in [5.41, 5.74) is 0.865. The van der Waals surface area contributed by atoms with Crippen LogP contribution in [0, 0.1) is 0 Å². The molecule has 0 saturated heterocycles. The molecule has 0 bridgehead atoms. The first-order valence-corrected chi connectivity index (χ1v) is 6.01. The van der Waals surface area contributed by atoms with E-state index in [9.17, 15) is 5.11 Å². The molecule has 0 saturated carbocycles. The van der Waals surface area contributed by atoms with Gasteiger partial charge in [-0.15, -0.1) is 0 Å². The molecule has 0 amide bonds. The van der Waals surface area contributed by atoms with Crippen molar-refractivity contribution >= 4 is 15.9 Å². The molecule has 0 aliphatic carbocycles. The zero-order valence-electron chi connectivity index (χ0n) is 9.30. The second-order valence-corrected chi connectivity index (χ2v) is 4.60. The average molecular weight is 294 g/mol. The van der Waals surface area contributed by atoms with Crippen LogP contribution >= 0.6 is 15.9 Å². The number of hydrogen-bond acceptors (Lipinski definition) is 3. The van der Waals surface area contributed by atoms with E-state index in [2.05, 4.69) is 20.9 Å². The monoisotopic (exact) mass is 293 g/mol. The van der Waals surface area contributed by atoms with Crippen LogP contribution in [0.4, 0.5) is 0 Å². The van der Waals surface area contributed by atoms with Gasteiger partial charge in [0.25, 0.3) is 0 Å². The van der Waals surface area contributed by atoms with Crippen LogP contribution < -0.4 is 4.74 Å². The Bertz CT molecular complexity index is 497. The van der Waals surface area contributed by atoms with Gasteiger partial charge < -0.3 is 9.84 Å². The van der Waals surface area contributed by atoms with E-state index < -0.39 is 6.10 Å². The van der Waals surface area contributed by atoms with Crippen LogP contribution in [0.3, 0.4) is 0 Å². The van der Waals surface area contributed by atoms with Gasteiger partial charge in [0.2, 0.25) is 0 Å². The number of aromatic nitrogens is 1. The summed E-state index contributed by atoms with van der Waals surface area (Å²) in [6, 6.07) is 9.17. The van der Waals surface area contributed by atoms with Gasteiger partial charge in [-0.05, 0) is 46.6 Å². The molecule has 1 atom stereocenters. The van der Waals surface area contributed by atoms with Gasteiger partial charge in [-0.3, -0.25) is 4.98 Å². The molecule has 1 N–H and O–H groups in total. The normalized spacial score (nSPS) is 12.2. The molecule has 4 heteroatoms. The highest BCUT2D eigenvalue weighted by Gasteiger charge is 2.02. The number of rotatable bonds is 3. The number of aliphatic hydroxyl groups is 1. The van der Waals surface area contributed by atoms with Gasteiger partial charge in [-0.25, -0.2) is 0 Å². The van der Waals surface area contributed by atoms with E-state index in [4.69, 9.17) is 4.74 Å². The van der Waals surface area contributed by atoms with Crippen LogP contribution in [0.5, 0.6) is 11.5 Å². The van der Waals surface area contributed by atoms with Gasteiger partial charge in [0, 0.05) is 10.7 Å². The van der Waals surface area contributed by atoms with Crippen molar-refractivity contribution in [1.29, 1.82) is 0 Å². The van der Waals surface area contributed by atoms with Crippen molar-refractivity contribution in [3.05, 3.63) is 52.8 Å². The van der Waals surface area contributed by atoms with E-state index in [1.807, 2.05) is 30.3 Å². The Balaban J connectivity index is 2.14. The van der Waals surface area contributed by atoms with Crippen molar-refractivity contribution in [1.82, 2.24) is 4.98 Å². The van der Waals surface area contributed by atoms with Gasteiger partial charge in [-0.1, -0.05) is 12.1 Å². The summed E-state index contributed by atoms with van der Waals surface area (Å²) in [6.07, 6.45) is 2.88. The number of pyridine rings is 1. The van der Waals surface area contributed by atoms with Crippen LogP contribution in [0.1, 0.15) is 18.6 Å². The lowest BCUT2D eigenvalue weighted by Crippen LogP contribution is -1.91. The second kappa shape index (κ2) is 5.29. The summed E-state index contributed by atoms with van der Waals surface area (Å²) < 4.78 is 6.49. The van der Waals surface area contributed by atoms with Crippen molar-refractivity contribution in [2.24, 2.45) is 0 Å². The third-order valence-electron chi connectivity index (χ3n) is 2.28. The van der Waals surface area contributed by atoms with Crippen LogP contribution in [0.15, 0.2) is 47.2 Å². The molecule has 88 valence electrons. The van der Waals surface area contributed by atoms with E-state index in [1.54, 1.807) is 19.3 Å². The molecule has 17 heavy (non-hydrogen) atoms. The molecule has 2 aromatic rings. The highest BCUT2D eigenvalue weighted by molar-refractivity contribution is 9.10. The third kappa shape index (κ3) is 3.28. The predicted octanol–water partition coefficient (Wildman–Crippen LogP) is 3.69. The first kappa shape index (κ1) is 12.1. The Kier molecular flexibility index (Phi) is 3.76. The largest absolute Gasteiger partial charge is 0.456 e. The number of nitrogens with zero attached hydrogens (tertiary/aromatic N) is 1. The molecule has 0 spiro atoms. The molecular formula is C13H12BrNO2. The summed E-state index contributed by atoms with van der Waals surface area (Å²) in [6.45, 7) is 1.73. The maximum atomic E-state index is 9.38. The van der Waals surface area contributed by atoms with Crippen molar-refractivity contribution in [3.8, 4) is 11.5 Å². The topological polar surface area (TPSA) is 42.4 Å². The molecule has 0 aliphatic heterocycles. The molecule has 1 aromatic heterocycles. The molecule has 0 aliphatic rings. The van der Waals surface area contributed by atoms with Gasteiger partial charge in [0.15, 0.2) is 0 Å². The highest BCUT2D eigenvalue weighted by Crippen LogP contribution is 2.24. The summed E-state index contributed by atoms with van der Waals surface area (Å²) in [5, 5.41) is 9.38. The van der Waals surface area contributed by atoms with Gasteiger partial charge in [0.05, 0.1) is 12.3 Å². The van der Waals surface area contributed by atoms with Gasteiger partial charge >= 0.3 is 0 Å². The third-order valence-corrected chi connectivity index (χ3v) is 2.71. The van der Waals surface area contributed by atoms with E-state index >= 15 is 0 Å². The molecule has 2 rings (SSSR count). The fourth-order valence-electron chi connectivity index (χ4n) is 1.40. The van der Waals surface area contributed by atoms with Crippen molar-refractivity contribution < 1.29 is 9.84 Å². The van der Waals surface area contributed by atoms with Crippen LogP contribution in [-0.2, 0) is 0 Å². The first-order chi connectivity index (χ1) is 8.15. The number of benzene rings is 1. The minimum atomic E-state index is -0.461. The van der Waals surface area contributed by atoms with Gasteiger partial charge in [0.1, 0.15) is 11.5 Å². The average Bonchev–Trinajstić information content (AvgIpc) is 2.29. The first-order valence-electron chi connectivity index (χ1n) is 5.21. The summed E-state index contributed by atoms with van der Waals surface area (Å²) in [7, 11) is 0. The Morgan fingerprint density at radius 3 is 2.47 bits per heavy atom. The number of ether oxygens (including phenoxy) is 1. The number of aliphatic hydroxyl groups excluding tert-OH is 1. The standard InChI is InChI=1S/C13H12BrNO2/c1-9(16)10-2-4-12(5-3-10)17-13-6-11(14)7-15-8-13/h2-9,16H,1H3/t9-/m0/s1. The molecule has 0 fully saturated rings. The lowest BCUT2D eigenvalue weighted by Gasteiger charge is -2.08. The fraction of sp³-hybridized carbons (Fsp3) is 0.154. The SMILES string of the molecule is C[C@H](O)c1ccc(Oc2cncc(Br)c2)cc1. The fourth-order valence-corrected chi connectivity index (χ4v) is 1.74. The van der Waals surface area contributed by atoms with Crippen LogP contribution in [0.25, 0.3) is 0 Å². The van der Waals surface area contributed by atoms with E-state index in [-0.39, 0.29) is 0 Å². The van der Waals surface area contributed by atoms with E-state index in [1.165, 1.54) is 0 Å². The second-order valence-electron chi connectivity index (χ2n) is 3.69. The van der Waals surface area contributed by atoms with Crippen molar-refractivity contribution in [3.63, 3.8) is 0 Å². The molecular weight excluding hydrogens is 282 g/mol. The molecule has 1 aromatic carbocycles. The maximum Gasteiger partial charge on any atom is 0.146 e. The Hall–Kier alpha value is -1.39.